The lowest BCUT2D eigenvalue weighted by molar-refractivity contribution is -0.130. The maximum atomic E-state index is 12.2. The highest BCUT2D eigenvalue weighted by molar-refractivity contribution is 7.98. The van der Waals surface area contributed by atoms with Crippen molar-refractivity contribution >= 4 is 58.2 Å². The number of benzene rings is 2. The van der Waals surface area contributed by atoms with Crippen LogP contribution in [0, 0.1) is 0 Å². The molecule has 0 aliphatic carbocycles. The number of nitrogens with zero attached hydrogens (tertiary/aromatic N) is 2. The lowest BCUT2D eigenvalue weighted by Gasteiger charge is -2.17. The van der Waals surface area contributed by atoms with Crippen molar-refractivity contribution in [2.75, 3.05) is 6.26 Å². The lowest BCUT2D eigenvalue weighted by Crippen LogP contribution is -2.23. The molecule has 154 valence electrons. The Morgan fingerprint density at radius 2 is 1.77 bits per heavy atom. The third-order valence-corrected chi connectivity index (χ3v) is 6.67. The summed E-state index contributed by atoms with van der Waals surface area (Å²) in [4.78, 5) is 13.4. The van der Waals surface area contributed by atoms with Crippen LogP contribution >= 0.6 is 46.6 Å². The molecule has 0 spiro atoms. The van der Waals surface area contributed by atoms with E-state index in [0.717, 1.165) is 11.3 Å². The molecular weight excluding hydrogens is 463 g/mol. The van der Waals surface area contributed by atoms with Gasteiger partial charge in [-0.15, -0.1) is 11.8 Å². The molecule has 0 bridgehead atoms. The van der Waals surface area contributed by atoms with Gasteiger partial charge in [0.1, 0.15) is 17.6 Å². The molecule has 2 aromatic carbocycles. The van der Waals surface area contributed by atoms with E-state index < -0.39 is 0 Å². The number of halogens is 3. The van der Waals surface area contributed by atoms with Crippen molar-refractivity contribution in [2.24, 2.45) is 5.10 Å². The second-order valence-corrected chi connectivity index (χ2v) is 8.91. The van der Waals surface area contributed by atoms with Crippen molar-refractivity contribution in [1.82, 2.24) is 5.01 Å². The zero-order chi connectivity index (χ0) is 21.4. The van der Waals surface area contributed by atoms with Crippen LogP contribution in [0.4, 0.5) is 0 Å². The first-order chi connectivity index (χ1) is 14.4. The van der Waals surface area contributed by atoms with Crippen LogP contribution in [-0.4, -0.2) is 22.9 Å². The Hall–Kier alpha value is -1.92. The molecule has 0 saturated heterocycles. The average molecular weight is 480 g/mol. The highest BCUT2D eigenvalue weighted by Crippen LogP contribution is 2.39. The Bertz CT molecular complexity index is 1140. The summed E-state index contributed by atoms with van der Waals surface area (Å²) in [6.45, 7) is 1.50. The van der Waals surface area contributed by atoms with Crippen LogP contribution in [0.15, 0.2) is 62.9 Å². The smallest absolute Gasteiger partial charge is 0.240 e. The van der Waals surface area contributed by atoms with E-state index in [-0.39, 0.29) is 11.9 Å². The molecule has 0 N–H and O–H groups in total. The maximum Gasteiger partial charge on any atom is 0.240 e. The van der Waals surface area contributed by atoms with Gasteiger partial charge in [0.2, 0.25) is 5.91 Å². The van der Waals surface area contributed by atoms with Gasteiger partial charge in [-0.3, -0.25) is 4.79 Å². The second-order valence-electron chi connectivity index (χ2n) is 6.81. The molecule has 0 radical (unpaired) electrons. The van der Waals surface area contributed by atoms with Crippen molar-refractivity contribution in [3.63, 3.8) is 0 Å². The molecule has 1 aliphatic heterocycles. The summed E-state index contributed by atoms with van der Waals surface area (Å²) in [5.74, 6) is 1.03. The number of hydrazone groups is 1. The van der Waals surface area contributed by atoms with E-state index >= 15 is 0 Å². The van der Waals surface area contributed by atoms with E-state index in [1.54, 1.807) is 23.9 Å². The first kappa shape index (κ1) is 21.3. The number of rotatable bonds is 4. The molecule has 1 aliphatic rings. The minimum Gasteiger partial charge on any atom is -0.459 e. The molecule has 4 nitrogen and oxygen atoms in total. The number of amides is 1. The number of hydrogen-bond acceptors (Lipinski definition) is 4. The topological polar surface area (TPSA) is 45.8 Å². The van der Waals surface area contributed by atoms with E-state index in [2.05, 4.69) is 5.10 Å². The number of carbonyl (C=O) groups excluding carboxylic acids is 1. The van der Waals surface area contributed by atoms with Gasteiger partial charge in [-0.1, -0.05) is 46.9 Å². The molecule has 3 aromatic rings. The summed E-state index contributed by atoms with van der Waals surface area (Å²) >= 11 is 20.2. The Balaban J connectivity index is 1.64. The predicted octanol–water partition coefficient (Wildman–Crippen LogP) is 7.33. The van der Waals surface area contributed by atoms with Crippen molar-refractivity contribution in [1.29, 1.82) is 0 Å². The van der Waals surface area contributed by atoms with E-state index in [1.165, 1.54) is 16.8 Å². The Morgan fingerprint density at radius 1 is 1.07 bits per heavy atom. The monoisotopic (exact) mass is 478 g/mol. The van der Waals surface area contributed by atoms with Gasteiger partial charge in [-0.05, 0) is 48.2 Å². The first-order valence-corrected chi connectivity index (χ1v) is 11.5. The maximum absolute atomic E-state index is 12.2. The molecule has 0 saturated carbocycles. The lowest BCUT2D eigenvalue weighted by atomic mass is 10.0. The fraction of sp³-hybridized carbons (Fsp3) is 0.182. The van der Waals surface area contributed by atoms with Crippen molar-refractivity contribution < 1.29 is 9.21 Å². The standard InChI is InChI=1S/C22H17Cl3N2O2S/c1-12(28)27-20(11-19(26-27)13-3-5-14(30-2)6-4-13)22-8-7-21(29-22)15-9-17(24)18(25)10-16(15)23/h3-10,20H,11H2,1-2H3. The number of thioether (sulfide) groups is 1. The van der Waals surface area contributed by atoms with Gasteiger partial charge in [0.15, 0.2) is 0 Å². The molecular formula is C22H17Cl3N2O2S. The van der Waals surface area contributed by atoms with Gasteiger partial charge in [-0.25, -0.2) is 5.01 Å². The number of hydrogen-bond donors (Lipinski definition) is 0. The molecule has 0 fully saturated rings. The average Bonchev–Trinajstić information content (AvgIpc) is 3.38. The largest absolute Gasteiger partial charge is 0.459 e. The third kappa shape index (κ3) is 4.12. The van der Waals surface area contributed by atoms with Gasteiger partial charge in [0, 0.05) is 23.8 Å². The second kappa shape index (κ2) is 8.67. The summed E-state index contributed by atoms with van der Waals surface area (Å²) < 4.78 is 6.07. The Labute approximate surface area is 193 Å². The minimum atomic E-state index is -0.326. The van der Waals surface area contributed by atoms with Crippen LogP contribution in [0.2, 0.25) is 15.1 Å². The van der Waals surface area contributed by atoms with Crippen molar-refractivity contribution in [3.05, 3.63) is 74.9 Å². The molecule has 1 atom stereocenters. The highest BCUT2D eigenvalue weighted by Gasteiger charge is 2.33. The zero-order valence-corrected chi connectivity index (χ0v) is 19.2. The molecule has 30 heavy (non-hydrogen) atoms. The summed E-state index contributed by atoms with van der Waals surface area (Å²) in [5.41, 5.74) is 2.47. The van der Waals surface area contributed by atoms with Crippen LogP contribution in [0.25, 0.3) is 11.3 Å². The van der Waals surface area contributed by atoms with Gasteiger partial charge in [-0.2, -0.15) is 5.10 Å². The molecule has 2 heterocycles. The molecule has 1 aromatic heterocycles. The van der Waals surface area contributed by atoms with Crippen LogP contribution in [0.1, 0.15) is 30.7 Å². The van der Waals surface area contributed by atoms with E-state index in [4.69, 9.17) is 39.2 Å². The summed E-state index contributed by atoms with van der Waals surface area (Å²) in [6.07, 6.45) is 2.59. The fourth-order valence-corrected chi connectivity index (χ4v) is 4.42. The first-order valence-electron chi connectivity index (χ1n) is 9.13. The van der Waals surface area contributed by atoms with E-state index in [0.29, 0.717) is 38.6 Å². The Kier molecular flexibility index (Phi) is 6.16. The minimum absolute atomic E-state index is 0.152. The summed E-state index contributed by atoms with van der Waals surface area (Å²) in [6, 6.07) is 14.7. The van der Waals surface area contributed by atoms with Gasteiger partial charge >= 0.3 is 0 Å². The van der Waals surface area contributed by atoms with E-state index in [1.807, 2.05) is 42.7 Å². The number of furan rings is 1. The summed E-state index contributed by atoms with van der Waals surface area (Å²) in [5, 5.41) is 7.24. The highest BCUT2D eigenvalue weighted by atomic mass is 35.5. The van der Waals surface area contributed by atoms with Gasteiger partial charge in [0.25, 0.3) is 0 Å². The molecule has 1 amide bonds. The van der Waals surface area contributed by atoms with Crippen molar-refractivity contribution in [2.45, 2.75) is 24.3 Å². The zero-order valence-electron chi connectivity index (χ0n) is 16.2. The van der Waals surface area contributed by atoms with Gasteiger partial charge < -0.3 is 4.42 Å². The van der Waals surface area contributed by atoms with E-state index in [9.17, 15) is 4.79 Å². The van der Waals surface area contributed by atoms with Crippen molar-refractivity contribution in [3.8, 4) is 11.3 Å². The Morgan fingerprint density at radius 3 is 2.43 bits per heavy atom. The number of carbonyl (C=O) groups is 1. The van der Waals surface area contributed by atoms with Gasteiger partial charge in [0.05, 0.1) is 20.8 Å². The normalized spacial score (nSPS) is 16.1. The van der Waals surface area contributed by atoms with Crippen LogP contribution < -0.4 is 0 Å². The molecule has 4 rings (SSSR count). The predicted molar refractivity (Wildman–Crippen MR) is 124 cm³/mol. The molecule has 8 heteroatoms. The van der Waals surface area contributed by atoms with Crippen LogP contribution in [0.3, 0.4) is 0 Å². The van der Waals surface area contributed by atoms with Crippen LogP contribution in [-0.2, 0) is 4.79 Å². The SMILES string of the molecule is CSc1ccc(C2=NN(C(C)=O)C(c3ccc(-c4cc(Cl)c(Cl)cc4Cl)o3)C2)cc1. The van der Waals surface area contributed by atoms with Crippen LogP contribution in [0.5, 0.6) is 0 Å². The fourth-order valence-electron chi connectivity index (χ4n) is 3.37. The summed E-state index contributed by atoms with van der Waals surface area (Å²) in [7, 11) is 0. The third-order valence-electron chi connectivity index (χ3n) is 4.89. The quantitative estimate of drug-likeness (QED) is 0.291. The molecule has 1 unspecified atom stereocenters.